The molecule has 5 atom stereocenters. The molecule has 0 N–H and O–H groups in total. The Morgan fingerprint density at radius 3 is 2.72 bits per heavy atom. The second-order valence-electron chi connectivity index (χ2n) is 10.6. The van der Waals surface area contributed by atoms with E-state index in [1.807, 2.05) is 0 Å². The van der Waals surface area contributed by atoms with Gasteiger partial charge in [-0.1, -0.05) is 39.0 Å². The maximum Gasteiger partial charge on any atom is 0.0692 e. The quantitative estimate of drug-likeness (QED) is 0.374. The van der Waals surface area contributed by atoms with Gasteiger partial charge in [0.25, 0.3) is 0 Å². The number of benzene rings is 1. The predicted molar refractivity (Wildman–Crippen MR) is 125 cm³/mol. The lowest BCUT2D eigenvalue weighted by molar-refractivity contribution is -0.0213. The fourth-order valence-corrected chi connectivity index (χ4v) is 5.34. The molecule has 0 radical (unpaired) electrons. The van der Waals surface area contributed by atoms with Crippen LogP contribution < -0.4 is 0 Å². The molecule has 5 unspecified atom stereocenters. The number of aryl methyl sites for hydroxylation is 1. The molecular formula is C27H43NO. The predicted octanol–water partition coefficient (Wildman–Crippen LogP) is 7.72. The minimum atomic E-state index is 0.0207. The Labute approximate surface area is 179 Å². The lowest BCUT2D eigenvalue weighted by Crippen LogP contribution is -2.26. The van der Waals surface area contributed by atoms with Crippen molar-refractivity contribution < 1.29 is 4.74 Å². The number of nitrogens with zero attached hydrogens (tertiary/aromatic N) is 1. The van der Waals surface area contributed by atoms with Gasteiger partial charge in [0.05, 0.1) is 11.3 Å². The van der Waals surface area contributed by atoms with E-state index in [1.54, 1.807) is 0 Å². The average Bonchev–Trinajstić information content (AvgIpc) is 3.44. The van der Waals surface area contributed by atoms with Crippen LogP contribution in [-0.4, -0.2) is 18.4 Å². The zero-order valence-electron chi connectivity index (χ0n) is 19.7. The van der Waals surface area contributed by atoms with E-state index in [1.165, 1.54) is 42.5 Å². The van der Waals surface area contributed by atoms with Crippen molar-refractivity contribution in [2.75, 3.05) is 6.61 Å². The lowest BCUT2D eigenvalue weighted by atomic mass is 9.81. The number of aliphatic imine (C=N–C) groups is 1. The number of ether oxygens (including phenoxy) is 1. The summed E-state index contributed by atoms with van der Waals surface area (Å²) in [5.41, 5.74) is 4.31. The van der Waals surface area contributed by atoms with Gasteiger partial charge < -0.3 is 4.74 Å². The lowest BCUT2D eigenvalue weighted by Gasteiger charge is -2.29. The number of hydrogen-bond donors (Lipinski definition) is 0. The molecule has 0 bridgehead atoms. The molecule has 162 valence electrons. The van der Waals surface area contributed by atoms with Crippen LogP contribution in [0, 0.1) is 23.7 Å². The third kappa shape index (κ3) is 6.17. The third-order valence-electron chi connectivity index (χ3n) is 7.42. The molecule has 3 rings (SSSR count). The van der Waals surface area contributed by atoms with Crippen molar-refractivity contribution in [3.05, 3.63) is 29.3 Å². The highest BCUT2D eigenvalue weighted by atomic mass is 16.5. The summed E-state index contributed by atoms with van der Waals surface area (Å²) in [6.07, 6.45) is 10.9. The second-order valence-corrected chi connectivity index (χ2v) is 10.6. The molecule has 1 aliphatic heterocycles. The van der Waals surface area contributed by atoms with Gasteiger partial charge in [0.15, 0.2) is 0 Å². The normalized spacial score (nSPS) is 24.1. The molecular weight excluding hydrogens is 354 g/mol. The molecule has 1 aromatic carbocycles. The Balaban J connectivity index is 1.45. The van der Waals surface area contributed by atoms with Gasteiger partial charge in [-0.05, 0) is 106 Å². The highest BCUT2D eigenvalue weighted by Gasteiger charge is 2.40. The molecule has 1 heterocycles. The SMILES string of the molecule is CCOC(C)(C)CCC(C)C(C)CC(C)CC1CC1c1cccc2c1N=CCC2. The summed E-state index contributed by atoms with van der Waals surface area (Å²) >= 11 is 0. The fraction of sp³-hybridized carbons (Fsp3) is 0.741. The molecule has 0 amide bonds. The van der Waals surface area contributed by atoms with E-state index in [0.29, 0.717) is 0 Å². The highest BCUT2D eigenvalue weighted by Crippen LogP contribution is 2.54. The first-order valence-electron chi connectivity index (χ1n) is 12.1. The molecule has 1 aromatic rings. The summed E-state index contributed by atoms with van der Waals surface area (Å²) in [7, 11) is 0. The van der Waals surface area contributed by atoms with Crippen molar-refractivity contribution in [2.45, 2.75) is 98.0 Å². The molecule has 0 spiro atoms. The van der Waals surface area contributed by atoms with Gasteiger partial charge in [-0.2, -0.15) is 0 Å². The van der Waals surface area contributed by atoms with Crippen molar-refractivity contribution in [3.63, 3.8) is 0 Å². The monoisotopic (exact) mass is 397 g/mol. The maximum atomic E-state index is 5.88. The largest absolute Gasteiger partial charge is 0.376 e. The van der Waals surface area contributed by atoms with Gasteiger partial charge in [0.1, 0.15) is 0 Å². The van der Waals surface area contributed by atoms with E-state index in [2.05, 4.69) is 66.0 Å². The minimum Gasteiger partial charge on any atom is -0.376 e. The fourth-order valence-electron chi connectivity index (χ4n) is 5.34. The van der Waals surface area contributed by atoms with Crippen molar-refractivity contribution in [3.8, 4) is 0 Å². The molecule has 2 heteroatoms. The maximum absolute atomic E-state index is 5.88. The first kappa shape index (κ1) is 22.5. The average molecular weight is 398 g/mol. The minimum absolute atomic E-state index is 0.0207. The zero-order chi connectivity index (χ0) is 21.0. The topological polar surface area (TPSA) is 21.6 Å². The molecule has 1 fully saturated rings. The standard InChI is InChI=1S/C27H43NO/c1-7-29-27(5,6)14-13-20(3)21(4)16-19(2)17-23-18-25(23)24-12-8-10-22-11-9-15-28-26(22)24/h8,10,12,15,19-21,23,25H,7,9,11,13-14,16-18H2,1-6H3. The number of fused-ring (bicyclic) bond motifs is 1. The Hall–Kier alpha value is -1.15. The van der Waals surface area contributed by atoms with Gasteiger partial charge in [-0.15, -0.1) is 0 Å². The van der Waals surface area contributed by atoms with Gasteiger partial charge in [-0.3, -0.25) is 4.99 Å². The van der Waals surface area contributed by atoms with Crippen molar-refractivity contribution in [1.29, 1.82) is 0 Å². The molecule has 0 saturated heterocycles. The summed E-state index contributed by atoms with van der Waals surface area (Å²) in [4.78, 5) is 4.76. The van der Waals surface area contributed by atoms with E-state index in [9.17, 15) is 0 Å². The van der Waals surface area contributed by atoms with E-state index < -0.39 is 0 Å². The Morgan fingerprint density at radius 1 is 1.17 bits per heavy atom. The third-order valence-corrected chi connectivity index (χ3v) is 7.42. The van der Waals surface area contributed by atoms with Crippen molar-refractivity contribution in [2.24, 2.45) is 28.7 Å². The molecule has 1 saturated carbocycles. The Morgan fingerprint density at radius 2 is 1.97 bits per heavy atom. The first-order valence-corrected chi connectivity index (χ1v) is 12.1. The van der Waals surface area contributed by atoms with Crippen LogP contribution in [-0.2, 0) is 11.2 Å². The van der Waals surface area contributed by atoms with Gasteiger partial charge in [-0.25, -0.2) is 0 Å². The van der Waals surface area contributed by atoms with Crippen LogP contribution in [0.25, 0.3) is 0 Å². The smallest absolute Gasteiger partial charge is 0.0692 e. The molecule has 29 heavy (non-hydrogen) atoms. The van der Waals surface area contributed by atoms with Crippen molar-refractivity contribution in [1.82, 2.24) is 0 Å². The number of hydrogen-bond acceptors (Lipinski definition) is 2. The summed E-state index contributed by atoms with van der Waals surface area (Å²) in [6, 6.07) is 6.86. The van der Waals surface area contributed by atoms with Crippen molar-refractivity contribution >= 4 is 11.9 Å². The van der Waals surface area contributed by atoms with E-state index in [-0.39, 0.29) is 5.60 Å². The summed E-state index contributed by atoms with van der Waals surface area (Å²) in [5, 5.41) is 0. The molecule has 1 aliphatic carbocycles. The van der Waals surface area contributed by atoms with Crippen LogP contribution in [0.3, 0.4) is 0 Å². The highest BCUT2D eigenvalue weighted by molar-refractivity contribution is 5.71. The van der Waals surface area contributed by atoms with Gasteiger partial charge in [0, 0.05) is 12.8 Å². The summed E-state index contributed by atoms with van der Waals surface area (Å²) in [5.74, 6) is 3.98. The van der Waals surface area contributed by atoms with Crippen LogP contribution >= 0.6 is 0 Å². The Bertz CT molecular complexity index is 692. The van der Waals surface area contributed by atoms with Gasteiger partial charge >= 0.3 is 0 Å². The van der Waals surface area contributed by atoms with E-state index >= 15 is 0 Å². The van der Waals surface area contributed by atoms with Gasteiger partial charge in [0.2, 0.25) is 0 Å². The zero-order valence-corrected chi connectivity index (χ0v) is 19.7. The van der Waals surface area contributed by atoms with Crippen LogP contribution in [0.1, 0.15) is 97.1 Å². The van der Waals surface area contributed by atoms with Crippen LogP contribution in [0.4, 0.5) is 5.69 Å². The molecule has 2 aliphatic rings. The van der Waals surface area contributed by atoms with Crippen LogP contribution in [0.5, 0.6) is 0 Å². The number of para-hydroxylation sites is 1. The first-order chi connectivity index (χ1) is 13.8. The summed E-state index contributed by atoms with van der Waals surface area (Å²) < 4.78 is 5.88. The molecule has 0 aromatic heterocycles. The second kappa shape index (κ2) is 9.77. The van der Waals surface area contributed by atoms with E-state index in [4.69, 9.17) is 9.73 Å². The molecule has 2 nitrogen and oxygen atoms in total. The Kier molecular flexibility index (Phi) is 7.59. The summed E-state index contributed by atoms with van der Waals surface area (Å²) in [6.45, 7) is 14.7. The van der Waals surface area contributed by atoms with Crippen LogP contribution in [0.2, 0.25) is 0 Å². The van der Waals surface area contributed by atoms with Crippen LogP contribution in [0.15, 0.2) is 23.2 Å². The number of rotatable bonds is 11. The van der Waals surface area contributed by atoms with E-state index in [0.717, 1.165) is 55.5 Å².